The van der Waals surface area contributed by atoms with E-state index < -0.39 is 0 Å². The van der Waals surface area contributed by atoms with Gasteiger partial charge in [-0.25, -0.2) is 4.68 Å². The van der Waals surface area contributed by atoms with E-state index in [-0.39, 0.29) is 0 Å². The first-order valence-electron chi connectivity index (χ1n) is 7.28. The molecule has 0 bridgehead atoms. The van der Waals surface area contributed by atoms with Crippen molar-refractivity contribution >= 4 is 40.1 Å². The van der Waals surface area contributed by atoms with E-state index in [0.717, 1.165) is 33.7 Å². The van der Waals surface area contributed by atoms with E-state index in [1.54, 1.807) is 0 Å². The summed E-state index contributed by atoms with van der Waals surface area (Å²) in [5.41, 5.74) is 3.28. The number of hydrogen-bond donors (Lipinski definition) is 0. The molecule has 1 aromatic heterocycles. The minimum absolute atomic E-state index is 0.796. The molecule has 0 atom stereocenters. The molecule has 3 nitrogen and oxygen atoms in total. The Balaban J connectivity index is 1.98. The maximum Gasteiger partial charge on any atom is 0.482 e. The van der Waals surface area contributed by atoms with Crippen LogP contribution < -0.4 is 3.79 Å². The van der Waals surface area contributed by atoms with Crippen LogP contribution in [0.15, 0.2) is 64.5 Å². The molecule has 3 aromatic rings. The van der Waals surface area contributed by atoms with Crippen LogP contribution in [0.2, 0.25) is 0 Å². The van der Waals surface area contributed by atoms with Gasteiger partial charge in [0.05, 0.1) is 10.6 Å². The van der Waals surface area contributed by atoms with Crippen LogP contribution in [-0.2, 0) is 0 Å². The average Bonchev–Trinajstić information content (AvgIpc) is 3.01. The lowest BCUT2D eigenvalue weighted by molar-refractivity contribution is 0.605. The SMILES string of the molecule is [Al][O]c1ccccc1-n1nc2c(c1-c1ccccc1)SCCS2. The van der Waals surface area contributed by atoms with Gasteiger partial charge in [0.15, 0.2) is 0 Å². The molecular formula is C17H13AlN2OS2. The number of nitrogens with zero attached hydrogens (tertiary/aromatic N) is 2. The first-order valence-corrected chi connectivity index (χ1v) is 9.73. The number of benzene rings is 2. The van der Waals surface area contributed by atoms with Crippen LogP contribution in [0.4, 0.5) is 0 Å². The van der Waals surface area contributed by atoms with Crippen LogP contribution in [-0.4, -0.2) is 37.9 Å². The Kier molecular flexibility index (Phi) is 4.41. The van der Waals surface area contributed by atoms with E-state index in [2.05, 4.69) is 40.9 Å². The van der Waals surface area contributed by atoms with E-state index in [9.17, 15) is 0 Å². The summed E-state index contributed by atoms with van der Waals surface area (Å²) < 4.78 is 7.48. The predicted molar refractivity (Wildman–Crippen MR) is 96.8 cm³/mol. The maximum absolute atomic E-state index is 5.46. The monoisotopic (exact) mass is 352 g/mol. The Morgan fingerprint density at radius 1 is 0.957 bits per heavy atom. The van der Waals surface area contributed by atoms with Gasteiger partial charge >= 0.3 is 16.6 Å². The Morgan fingerprint density at radius 3 is 2.52 bits per heavy atom. The van der Waals surface area contributed by atoms with Crippen LogP contribution in [0.3, 0.4) is 0 Å². The molecule has 6 heteroatoms. The van der Waals surface area contributed by atoms with E-state index in [1.165, 1.54) is 10.5 Å². The zero-order chi connectivity index (χ0) is 15.6. The highest BCUT2D eigenvalue weighted by Crippen LogP contribution is 2.44. The van der Waals surface area contributed by atoms with Crippen molar-refractivity contribution in [3.63, 3.8) is 0 Å². The molecule has 0 saturated carbocycles. The third-order valence-corrected chi connectivity index (χ3v) is 6.34. The van der Waals surface area contributed by atoms with Crippen molar-refractivity contribution in [2.75, 3.05) is 11.5 Å². The van der Waals surface area contributed by atoms with Crippen LogP contribution >= 0.6 is 23.5 Å². The zero-order valence-corrected chi connectivity index (χ0v) is 15.1. The molecule has 0 N–H and O–H groups in total. The Morgan fingerprint density at radius 2 is 1.70 bits per heavy atom. The lowest BCUT2D eigenvalue weighted by Crippen LogP contribution is -2.02. The van der Waals surface area contributed by atoms with Crippen molar-refractivity contribution in [3.8, 4) is 22.7 Å². The second kappa shape index (κ2) is 6.66. The fourth-order valence-electron chi connectivity index (χ4n) is 2.65. The molecule has 112 valence electrons. The highest BCUT2D eigenvalue weighted by Gasteiger charge is 2.24. The first kappa shape index (κ1) is 15.2. The molecule has 0 spiro atoms. The molecule has 2 heterocycles. The van der Waals surface area contributed by atoms with Crippen molar-refractivity contribution < 1.29 is 3.79 Å². The first-order chi connectivity index (χ1) is 11.4. The molecule has 0 unspecified atom stereocenters. The van der Waals surface area contributed by atoms with Gasteiger partial charge in [-0.15, -0.1) is 23.5 Å². The summed E-state index contributed by atoms with van der Waals surface area (Å²) in [6.07, 6.45) is 0. The normalized spacial score (nSPS) is 13.6. The van der Waals surface area contributed by atoms with Crippen molar-refractivity contribution in [2.24, 2.45) is 0 Å². The number of hydrogen-bond acceptors (Lipinski definition) is 4. The summed E-state index contributed by atoms with van der Waals surface area (Å²) in [6, 6.07) is 18.4. The Hall–Kier alpha value is -1.32. The quantitative estimate of drug-likeness (QED) is 0.660. The van der Waals surface area contributed by atoms with E-state index in [0.29, 0.717) is 0 Å². The zero-order valence-electron chi connectivity index (χ0n) is 12.3. The molecule has 2 radical (unpaired) electrons. The number of para-hydroxylation sites is 2. The fourth-order valence-corrected chi connectivity index (χ4v) is 5.14. The third kappa shape index (κ3) is 2.81. The van der Waals surface area contributed by atoms with Crippen molar-refractivity contribution in [1.82, 2.24) is 9.78 Å². The van der Waals surface area contributed by atoms with Gasteiger partial charge in [-0.1, -0.05) is 42.5 Å². The summed E-state index contributed by atoms with van der Waals surface area (Å²) in [7, 11) is 0. The van der Waals surface area contributed by atoms with Crippen molar-refractivity contribution in [2.45, 2.75) is 9.92 Å². The molecule has 0 aliphatic carbocycles. The fraction of sp³-hybridized carbons (Fsp3) is 0.118. The second-order valence-corrected chi connectivity index (χ2v) is 7.47. The van der Waals surface area contributed by atoms with Gasteiger partial charge in [0.2, 0.25) is 0 Å². The second-order valence-electron chi connectivity index (χ2n) is 5.04. The van der Waals surface area contributed by atoms with Crippen LogP contribution in [0.5, 0.6) is 5.75 Å². The standard InChI is InChI=1S/C17H14N2OS2.Al/c20-14-9-5-4-8-13(14)19-15(12-6-2-1-3-7-12)16-17(18-19)22-11-10-21-16;/h1-9,20H,10-11H2;/q;+1/p-1. The summed E-state index contributed by atoms with van der Waals surface area (Å²) in [6.45, 7) is 0. The molecule has 1 aliphatic rings. The summed E-state index contributed by atoms with van der Waals surface area (Å²) >= 11 is 6.04. The minimum atomic E-state index is 0.796. The molecular weight excluding hydrogens is 339 g/mol. The van der Waals surface area contributed by atoms with E-state index in [4.69, 9.17) is 8.89 Å². The van der Waals surface area contributed by atoms with Gasteiger partial charge < -0.3 is 3.79 Å². The number of aromatic nitrogens is 2. The molecule has 0 saturated heterocycles. The summed E-state index contributed by atoms with van der Waals surface area (Å²) in [5.74, 6) is 3.01. The smallest absolute Gasteiger partial charge is 0.482 e. The third-order valence-electron chi connectivity index (χ3n) is 3.65. The molecule has 2 aromatic carbocycles. The van der Waals surface area contributed by atoms with Gasteiger partial charge in [0.25, 0.3) is 0 Å². The van der Waals surface area contributed by atoms with Gasteiger partial charge in [-0.3, -0.25) is 0 Å². The molecule has 0 amide bonds. The highest BCUT2D eigenvalue weighted by molar-refractivity contribution is 8.05. The van der Waals surface area contributed by atoms with Crippen molar-refractivity contribution in [3.05, 3.63) is 54.6 Å². The highest BCUT2D eigenvalue weighted by atomic mass is 32.2. The minimum Gasteiger partial charge on any atom is -0.652 e. The van der Waals surface area contributed by atoms with Gasteiger partial charge in [-0.05, 0) is 12.1 Å². The molecule has 1 aliphatic heterocycles. The number of fused-ring (bicyclic) bond motifs is 1. The van der Waals surface area contributed by atoms with Gasteiger partial charge in [-0.2, -0.15) is 5.10 Å². The average molecular weight is 352 g/mol. The predicted octanol–water partition coefficient (Wildman–Crippen LogP) is 4.20. The number of rotatable bonds is 3. The Labute approximate surface area is 152 Å². The summed E-state index contributed by atoms with van der Waals surface area (Å²) in [4.78, 5) is 1.27. The van der Waals surface area contributed by atoms with E-state index >= 15 is 0 Å². The van der Waals surface area contributed by atoms with Crippen LogP contribution in [0.25, 0.3) is 16.9 Å². The molecule has 4 rings (SSSR count). The molecule has 0 fully saturated rings. The van der Waals surface area contributed by atoms with Crippen molar-refractivity contribution in [1.29, 1.82) is 0 Å². The van der Waals surface area contributed by atoms with Crippen LogP contribution in [0.1, 0.15) is 0 Å². The molecule has 23 heavy (non-hydrogen) atoms. The van der Waals surface area contributed by atoms with Crippen LogP contribution in [0, 0.1) is 0 Å². The van der Waals surface area contributed by atoms with E-state index in [1.807, 2.05) is 58.5 Å². The summed E-state index contributed by atoms with van der Waals surface area (Å²) in [5, 5.41) is 5.99. The van der Waals surface area contributed by atoms with Gasteiger partial charge in [0, 0.05) is 17.1 Å². The topological polar surface area (TPSA) is 27.1 Å². The van der Waals surface area contributed by atoms with Gasteiger partial charge in [0.1, 0.15) is 16.5 Å². The largest absolute Gasteiger partial charge is 0.652 e. The lowest BCUT2D eigenvalue weighted by atomic mass is 10.1. The Bertz CT molecular complexity index is 836. The number of thioether (sulfide) groups is 2. The maximum atomic E-state index is 5.46. The lowest BCUT2D eigenvalue weighted by Gasteiger charge is -2.14.